The third-order valence-electron chi connectivity index (χ3n) is 3.46. The van der Waals surface area contributed by atoms with Crippen LogP contribution in [-0.4, -0.2) is 16.1 Å². The number of carboxylic acid groups (broad SMARTS) is 1. The minimum absolute atomic E-state index is 0.0901. The van der Waals surface area contributed by atoms with Crippen LogP contribution in [0.1, 0.15) is 17.9 Å². The number of aliphatic carboxylic acids is 1. The van der Waals surface area contributed by atoms with Crippen LogP contribution < -0.4 is 0 Å². The first-order valence-electron chi connectivity index (χ1n) is 6.10. The molecule has 1 fully saturated rings. The van der Waals surface area contributed by atoms with Crippen LogP contribution in [0.3, 0.4) is 0 Å². The van der Waals surface area contributed by atoms with E-state index < -0.39 is 5.97 Å². The first-order valence-corrected chi connectivity index (χ1v) is 6.10. The van der Waals surface area contributed by atoms with Crippen molar-refractivity contribution in [1.29, 1.82) is 0 Å². The van der Waals surface area contributed by atoms with E-state index in [0.29, 0.717) is 6.42 Å². The smallest absolute Gasteiger partial charge is 0.307 e. The molecule has 3 nitrogen and oxygen atoms in total. The predicted octanol–water partition coefficient (Wildman–Crippen LogP) is 3.08. The summed E-state index contributed by atoms with van der Waals surface area (Å²) in [4.78, 5) is 15.1. The van der Waals surface area contributed by atoms with Gasteiger partial charge in [0.2, 0.25) is 0 Å². The summed E-state index contributed by atoms with van der Waals surface area (Å²) in [6.07, 6.45) is 2.40. The molecule has 1 saturated carbocycles. The Hall–Kier alpha value is -2.23. The summed E-state index contributed by atoms with van der Waals surface area (Å²) in [6.45, 7) is 0. The number of nitrogens with zero attached hydrogens (tertiary/aromatic N) is 1. The quantitative estimate of drug-likeness (QED) is 0.919. The summed E-state index contributed by atoms with van der Waals surface area (Å²) in [6, 6.07) is 9.89. The van der Waals surface area contributed by atoms with Gasteiger partial charge in [0.25, 0.3) is 0 Å². The summed E-state index contributed by atoms with van der Waals surface area (Å²) >= 11 is 0. The summed E-state index contributed by atoms with van der Waals surface area (Å²) in [5.41, 5.74) is 2.56. The Balaban J connectivity index is 1.80. The molecule has 2 atom stereocenters. The highest BCUT2D eigenvalue weighted by Crippen LogP contribution is 2.47. The molecular weight excluding hydrogens is 245 g/mol. The van der Waals surface area contributed by atoms with Crippen LogP contribution in [0, 0.1) is 11.7 Å². The molecule has 4 heteroatoms. The van der Waals surface area contributed by atoms with Gasteiger partial charge in [-0.05, 0) is 48.2 Å². The lowest BCUT2D eigenvalue weighted by Gasteiger charge is -2.03. The van der Waals surface area contributed by atoms with Crippen molar-refractivity contribution in [1.82, 2.24) is 4.98 Å². The molecule has 3 rings (SSSR count). The first kappa shape index (κ1) is 11.8. The number of pyridine rings is 1. The van der Waals surface area contributed by atoms with E-state index in [0.717, 1.165) is 16.8 Å². The molecule has 0 radical (unpaired) electrons. The van der Waals surface area contributed by atoms with E-state index in [1.165, 1.54) is 12.1 Å². The fourth-order valence-corrected chi connectivity index (χ4v) is 2.25. The van der Waals surface area contributed by atoms with Gasteiger partial charge in [0.1, 0.15) is 5.82 Å². The van der Waals surface area contributed by atoms with Gasteiger partial charge in [-0.3, -0.25) is 9.78 Å². The van der Waals surface area contributed by atoms with Crippen molar-refractivity contribution in [3.63, 3.8) is 0 Å². The van der Waals surface area contributed by atoms with Crippen molar-refractivity contribution >= 4 is 5.97 Å². The highest BCUT2D eigenvalue weighted by atomic mass is 19.1. The Morgan fingerprint density at radius 3 is 2.47 bits per heavy atom. The zero-order chi connectivity index (χ0) is 13.4. The third kappa shape index (κ3) is 2.34. The van der Waals surface area contributed by atoms with Crippen molar-refractivity contribution in [2.45, 2.75) is 12.3 Å². The van der Waals surface area contributed by atoms with Crippen molar-refractivity contribution in [3.05, 3.63) is 54.0 Å². The standard InChI is InChI=1S/C15H12FNO2/c16-11-4-1-9(2-5-11)14-6-3-10(8-17-14)12-7-13(12)15(18)19/h1-6,8,12-13H,7H2,(H,18,19). The highest BCUT2D eigenvalue weighted by molar-refractivity contribution is 5.75. The van der Waals surface area contributed by atoms with Crippen molar-refractivity contribution < 1.29 is 14.3 Å². The summed E-state index contributed by atoms with van der Waals surface area (Å²) in [7, 11) is 0. The molecular formula is C15H12FNO2. The van der Waals surface area contributed by atoms with Crippen molar-refractivity contribution in [3.8, 4) is 11.3 Å². The van der Waals surface area contributed by atoms with Gasteiger partial charge in [0, 0.05) is 11.8 Å². The number of halogens is 1. The first-order chi connectivity index (χ1) is 9.15. The van der Waals surface area contributed by atoms with E-state index in [1.807, 2.05) is 12.1 Å². The van der Waals surface area contributed by atoms with E-state index >= 15 is 0 Å². The maximum Gasteiger partial charge on any atom is 0.307 e. The highest BCUT2D eigenvalue weighted by Gasteiger charge is 2.44. The normalized spacial score (nSPS) is 21.1. The van der Waals surface area contributed by atoms with Crippen LogP contribution in [0.4, 0.5) is 4.39 Å². The number of hydrogen-bond acceptors (Lipinski definition) is 2. The van der Waals surface area contributed by atoms with E-state index in [4.69, 9.17) is 5.11 Å². The average molecular weight is 257 g/mol. The molecule has 1 aromatic heterocycles. The van der Waals surface area contributed by atoms with Gasteiger partial charge in [0.05, 0.1) is 11.6 Å². The van der Waals surface area contributed by atoms with Crippen molar-refractivity contribution in [2.75, 3.05) is 0 Å². The molecule has 96 valence electrons. The molecule has 1 aromatic carbocycles. The van der Waals surface area contributed by atoms with Crippen LogP contribution in [0.25, 0.3) is 11.3 Å². The predicted molar refractivity (Wildman–Crippen MR) is 68.1 cm³/mol. The third-order valence-corrected chi connectivity index (χ3v) is 3.46. The molecule has 0 aliphatic heterocycles. The van der Waals surface area contributed by atoms with Gasteiger partial charge in [-0.15, -0.1) is 0 Å². The summed E-state index contributed by atoms with van der Waals surface area (Å²) in [5, 5.41) is 8.89. The van der Waals surface area contributed by atoms with E-state index in [9.17, 15) is 9.18 Å². The monoisotopic (exact) mass is 257 g/mol. The maximum atomic E-state index is 12.8. The zero-order valence-electron chi connectivity index (χ0n) is 10.1. The number of rotatable bonds is 3. The molecule has 0 amide bonds. The Labute approximate surface area is 109 Å². The molecule has 0 spiro atoms. The molecule has 2 unspecified atom stereocenters. The molecule has 0 bridgehead atoms. The van der Waals surface area contributed by atoms with E-state index in [-0.39, 0.29) is 17.7 Å². The molecule has 1 aliphatic rings. The van der Waals surface area contributed by atoms with Crippen LogP contribution in [0.5, 0.6) is 0 Å². The summed E-state index contributed by atoms with van der Waals surface area (Å²) in [5.74, 6) is -1.19. The average Bonchev–Trinajstić information content (AvgIpc) is 3.20. The van der Waals surface area contributed by atoms with E-state index in [2.05, 4.69) is 4.98 Å². The van der Waals surface area contributed by atoms with Gasteiger partial charge in [-0.1, -0.05) is 6.07 Å². The van der Waals surface area contributed by atoms with Gasteiger partial charge in [-0.25, -0.2) is 4.39 Å². The number of aromatic nitrogens is 1. The largest absolute Gasteiger partial charge is 0.481 e. The van der Waals surface area contributed by atoms with Crippen LogP contribution in [0.15, 0.2) is 42.6 Å². The SMILES string of the molecule is O=C(O)C1CC1c1ccc(-c2ccc(F)cc2)nc1. The van der Waals surface area contributed by atoms with Crippen LogP contribution >= 0.6 is 0 Å². The van der Waals surface area contributed by atoms with Gasteiger partial charge in [-0.2, -0.15) is 0 Å². The topological polar surface area (TPSA) is 50.2 Å². The second kappa shape index (κ2) is 4.46. The molecule has 1 heterocycles. The number of carboxylic acids is 1. The fourth-order valence-electron chi connectivity index (χ4n) is 2.25. The Kier molecular flexibility index (Phi) is 2.78. The minimum Gasteiger partial charge on any atom is -0.481 e. The second-order valence-corrected chi connectivity index (χ2v) is 4.77. The number of carbonyl (C=O) groups is 1. The minimum atomic E-state index is -0.743. The van der Waals surface area contributed by atoms with Crippen LogP contribution in [-0.2, 0) is 4.79 Å². The van der Waals surface area contributed by atoms with Gasteiger partial charge in [0.15, 0.2) is 0 Å². The van der Waals surface area contributed by atoms with Gasteiger partial charge >= 0.3 is 5.97 Å². The lowest BCUT2D eigenvalue weighted by molar-refractivity contribution is -0.138. The molecule has 2 aromatic rings. The van der Waals surface area contributed by atoms with Crippen LogP contribution in [0.2, 0.25) is 0 Å². The van der Waals surface area contributed by atoms with Gasteiger partial charge < -0.3 is 5.11 Å². The maximum absolute atomic E-state index is 12.8. The zero-order valence-corrected chi connectivity index (χ0v) is 10.1. The lowest BCUT2D eigenvalue weighted by Crippen LogP contribution is -1.99. The molecule has 19 heavy (non-hydrogen) atoms. The second-order valence-electron chi connectivity index (χ2n) is 4.77. The Morgan fingerprint density at radius 2 is 1.95 bits per heavy atom. The Bertz CT molecular complexity index is 607. The summed E-state index contributed by atoms with van der Waals surface area (Å²) < 4.78 is 12.8. The number of hydrogen-bond donors (Lipinski definition) is 1. The lowest BCUT2D eigenvalue weighted by atomic mass is 10.1. The fraction of sp³-hybridized carbons (Fsp3) is 0.200. The molecule has 1 aliphatic carbocycles. The van der Waals surface area contributed by atoms with E-state index in [1.54, 1.807) is 18.3 Å². The molecule has 0 saturated heterocycles. The van der Waals surface area contributed by atoms with Crippen molar-refractivity contribution in [2.24, 2.45) is 5.92 Å². The molecule has 1 N–H and O–H groups in total. The Morgan fingerprint density at radius 1 is 1.21 bits per heavy atom. The number of benzene rings is 1.